The summed E-state index contributed by atoms with van der Waals surface area (Å²) in [5.41, 5.74) is 11.4. The number of carbonyl (C=O) groups is 2. The smallest absolute Gasteiger partial charge is 0.255 e. The fourth-order valence-corrected chi connectivity index (χ4v) is 3.39. The van der Waals surface area contributed by atoms with Gasteiger partial charge in [0.2, 0.25) is 5.91 Å². The highest BCUT2D eigenvalue weighted by molar-refractivity contribution is 6.06. The summed E-state index contributed by atoms with van der Waals surface area (Å²) in [5, 5.41) is 5.78. The Morgan fingerprint density at radius 3 is 2.33 bits per heavy atom. The molecule has 2 amide bonds. The molecule has 3 aromatic carbocycles. The molecule has 0 aliphatic carbocycles. The molecule has 0 radical (unpaired) electrons. The van der Waals surface area contributed by atoms with Gasteiger partial charge in [-0.05, 0) is 52.6 Å². The first-order valence-electron chi connectivity index (χ1n) is 10.6. The average Bonchev–Trinajstić information content (AvgIpc) is 2.85. The van der Waals surface area contributed by atoms with E-state index in [2.05, 4.69) is 15.6 Å². The molecule has 0 spiro atoms. The number of nitrogens with two attached hydrogens (primary N) is 1. The van der Waals surface area contributed by atoms with Crippen molar-refractivity contribution < 1.29 is 9.59 Å². The van der Waals surface area contributed by atoms with Crippen molar-refractivity contribution in [2.75, 3.05) is 11.1 Å². The summed E-state index contributed by atoms with van der Waals surface area (Å²) < 4.78 is 0. The Kier molecular flexibility index (Phi) is 6.75. The van der Waals surface area contributed by atoms with Crippen molar-refractivity contribution in [3.05, 3.63) is 114 Å². The largest absolute Gasteiger partial charge is 0.397 e. The molecule has 0 unspecified atom stereocenters. The molecule has 4 N–H and O–H groups in total. The molecule has 1 aromatic heterocycles. The maximum absolute atomic E-state index is 12.8. The lowest BCUT2D eigenvalue weighted by Crippen LogP contribution is -2.24. The maximum atomic E-state index is 12.8. The summed E-state index contributed by atoms with van der Waals surface area (Å²) in [7, 11) is 0. The van der Waals surface area contributed by atoms with Crippen molar-refractivity contribution in [1.82, 2.24) is 10.3 Å². The van der Waals surface area contributed by atoms with Crippen LogP contribution in [0.1, 0.15) is 21.5 Å². The predicted molar refractivity (Wildman–Crippen MR) is 130 cm³/mol. The molecule has 0 bridgehead atoms. The zero-order valence-electron chi connectivity index (χ0n) is 18.0. The van der Waals surface area contributed by atoms with Gasteiger partial charge < -0.3 is 16.4 Å². The van der Waals surface area contributed by atoms with Gasteiger partial charge in [-0.15, -0.1) is 0 Å². The minimum Gasteiger partial charge on any atom is -0.397 e. The van der Waals surface area contributed by atoms with Gasteiger partial charge in [0.15, 0.2) is 0 Å². The number of rotatable bonds is 7. The van der Waals surface area contributed by atoms with E-state index in [1.54, 1.807) is 36.7 Å². The quantitative estimate of drug-likeness (QED) is 0.373. The average molecular weight is 437 g/mol. The third kappa shape index (κ3) is 5.83. The van der Waals surface area contributed by atoms with E-state index in [-0.39, 0.29) is 18.2 Å². The van der Waals surface area contributed by atoms with E-state index >= 15 is 0 Å². The first-order chi connectivity index (χ1) is 16.1. The Balaban J connectivity index is 1.36. The van der Waals surface area contributed by atoms with Gasteiger partial charge in [-0.1, -0.05) is 54.6 Å². The number of hydrogen-bond acceptors (Lipinski definition) is 4. The minimum absolute atomic E-state index is 0.0846. The van der Waals surface area contributed by atoms with Crippen LogP contribution in [0, 0.1) is 0 Å². The summed E-state index contributed by atoms with van der Waals surface area (Å²) in [6, 6.07) is 26.3. The van der Waals surface area contributed by atoms with Crippen molar-refractivity contribution >= 4 is 23.2 Å². The highest BCUT2D eigenvalue weighted by atomic mass is 16.2. The van der Waals surface area contributed by atoms with Crippen LogP contribution in [-0.2, 0) is 17.8 Å². The normalized spacial score (nSPS) is 10.4. The third-order valence-electron chi connectivity index (χ3n) is 5.20. The van der Waals surface area contributed by atoms with Gasteiger partial charge >= 0.3 is 0 Å². The molecule has 0 aliphatic heterocycles. The van der Waals surface area contributed by atoms with Crippen LogP contribution in [0.4, 0.5) is 11.4 Å². The van der Waals surface area contributed by atoms with Gasteiger partial charge in [-0.3, -0.25) is 14.6 Å². The number of nitrogens with one attached hydrogen (secondary N) is 2. The Bertz CT molecular complexity index is 1240. The Morgan fingerprint density at radius 1 is 0.818 bits per heavy atom. The molecule has 0 fully saturated rings. The Morgan fingerprint density at radius 2 is 1.61 bits per heavy atom. The summed E-state index contributed by atoms with van der Waals surface area (Å²) >= 11 is 0. The molecule has 1 heterocycles. The van der Waals surface area contributed by atoms with Crippen LogP contribution in [0.2, 0.25) is 0 Å². The maximum Gasteiger partial charge on any atom is 0.255 e. The molecule has 4 rings (SSSR count). The SMILES string of the molecule is Nc1ccc(-c2ccccc2)cc1NC(=O)c1ccc(CNC(=O)Cc2cccnc2)cc1. The van der Waals surface area contributed by atoms with Crippen molar-refractivity contribution in [3.63, 3.8) is 0 Å². The molecular formula is C27H24N4O2. The van der Waals surface area contributed by atoms with Crippen molar-refractivity contribution in [3.8, 4) is 11.1 Å². The summed E-state index contributed by atoms with van der Waals surface area (Å²) in [6.45, 7) is 0.382. The lowest BCUT2D eigenvalue weighted by atomic mass is 10.0. The molecule has 6 heteroatoms. The standard InChI is InChI=1S/C27H24N4O2/c28-24-13-12-23(21-6-2-1-3-7-21)16-25(24)31-27(33)22-10-8-19(9-11-22)18-30-26(32)15-20-5-4-14-29-17-20/h1-14,16-17H,15,18,28H2,(H,30,32)(H,31,33). The van der Waals surface area contributed by atoms with Crippen molar-refractivity contribution in [2.24, 2.45) is 0 Å². The van der Waals surface area contributed by atoms with Gasteiger partial charge in [-0.25, -0.2) is 0 Å². The molecule has 0 aliphatic rings. The fourth-order valence-electron chi connectivity index (χ4n) is 3.39. The number of hydrogen-bond donors (Lipinski definition) is 3. The topological polar surface area (TPSA) is 97.1 Å². The van der Waals surface area contributed by atoms with E-state index in [1.165, 1.54) is 0 Å². The number of nitrogen functional groups attached to an aromatic ring is 1. The van der Waals surface area contributed by atoms with Crippen molar-refractivity contribution in [2.45, 2.75) is 13.0 Å². The van der Waals surface area contributed by atoms with Crippen LogP contribution in [0.15, 0.2) is 97.3 Å². The second kappa shape index (κ2) is 10.2. The highest BCUT2D eigenvalue weighted by Crippen LogP contribution is 2.27. The first kappa shape index (κ1) is 21.8. The van der Waals surface area contributed by atoms with E-state index in [0.29, 0.717) is 23.5 Å². The van der Waals surface area contributed by atoms with E-state index in [1.807, 2.05) is 60.7 Å². The molecule has 4 aromatic rings. The van der Waals surface area contributed by atoms with E-state index in [4.69, 9.17) is 5.73 Å². The number of nitrogens with zero attached hydrogens (tertiary/aromatic N) is 1. The van der Waals surface area contributed by atoms with Gasteiger partial charge in [-0.2, -0.15) is 0 Å². The number of benzene rings is 3. The van der Waals surface area contributed by atoms with Gasteiger partial charge in [0.25, 0.3) is 5.91 Å². The van der Waals surface area contributed by atoms with Crippen LogP contribution in [-0.4, -0.2) is 16.8 Å². The molecule has 0 atom stereocenters. The first-order valence-corrected chi connectivity index (χ1v) is 10.6. The molecule has 0 saturated heterocycles. The molecular weight excluding hydrogens is 412 g/mol. The van der Waals surface area contributed by atoms with Gasteiger partial charge in [0.05, 0.1) is 17.8 Å². The minimum atomic E-state index is -0.251. The van der Waals surface area contributed by atoms with Gasteiger partial charge in [0, 0.05) is 24.5 Å². The highest BCUT2D eigenvalue weighted by Gasteiger charge is 2.10. The summed E-state index contributed by atoms with van der Waals surface area (Å²) in [5.74, 6) is -0.335. The zero-order chi connectivity index (χ0) is 23.0. The zero-order valence-corrected chi connectivity index (χ0v) is 18.0. The predicted octanol–water partition coefficient (Wildman–Crippen LogP) is 4.44. The van der Waals surface area contributed by atoms with Crippen LogP contribution in [0.3, 0.4) is 0 Å². The fraction of sp³-hybridized carbons (Fsp3) is 0.0741. The molecule has 164 valence electrons. The Hall–Kier alpha value is -4.45. The summed E-state index contributed by atoms with van der Waals surface area (Å²) in [6.07, 6.45) is 3.63. The van der Waals surface area contributed by atoms with Crippen LogP contribution in [0.5, 0.6) is 0 Å². The Labute approximate surface area is 192 Å². The van der Waals surface area contributed by atoms with Crippen LogP contribution in [0.25, 0.3) is 11.1 Å². The van der Waals surface area contributed by atoms with Gasteiger partial charge in [0.1, 0.15) is 0 Å². The molecule has 0 saturated carbocycles. The van der Waals surface area contributed by atoms with E-state index in [0.717, 1.165) is 22.3 Å². The van der Waals surface area contributed by atoms with Crippen molar-refractivity contribution in [1.29, 1.82) is 0 Å². The number of amides is 2. The molecule has 33 heavy (non-hydrogen) atoms. The number of anilines is 2. The second-order valence-corrected chi connectivity index (χ2v) is 7.63. The lowest BCUT2D eigenvalue weighted by Gasteiger charge is -2.11. The number of carbonyl (C=O) groups excluding carboxylic acids is 2. The molecule has 6 nitrogen and oxygen atoms in total. The second-order valence-electron chi connectivity index (χ2n) is 7.63. The van der Waals surface area contributed by atoms with E-state index < -0.39 is 0 Å². The number of aromatic nitrogens is 1. The lowest BCUT2D eigenvalue weighted by molar-refractivity contribution is -0.120. The van der Waals surface area contributed by atoms with E-state index in [9.17, 15) is 9.59 Å². The monoisotopic (exact) mass is 436 g/mol. The van der Waals surface area contributed by atoms with Crippen LogP contribution < -0.4 is 16.4 Å². The number of pyridine rings is 1. The summed E-state index contributed by atoms with van der Waals surface area (Å²) in [4.78, 5) is 28.9. The van der Waals surface area contributed by atoms with Crippen LogP contribution >= 0.6 is 0 Å². The third-order valence-corrected chi connectivity index (χ3v) is 5.20.